The van der Waals surface area contributed by atoms with E-state index in [4.69, 9.17) is 10.7 Å². The number of nitrogens with two attached hydrogens (primary N) is 1. The minimum Gasteiger partial charge on any atom is -0.319 e. The Morgan fingerprint density at radius 3 is 2.50 bits per heavy atom. The van der Waals surface area contributed by atoms with E-state index in [1.165, 1.54) is 25.7 Å². The molecule has 3 rings (SSSR count). The molecule has 1 saturated carbocycles. The van der Waals surface area contributed by atoms with Crippen LogP contribution in [0.2, 0.25) is 0 Å². The second kappa shape index (κ2) is 5.96. The first-order valence-corrected chi connectivity index (χ1v) is 8.86. The summed E-state index contributed by atoms with van der Waals surface area (Å²) in [7, 11) is 0. The molecule has 2 N–H and O–H groups in total. The fourth-order valence-electron chi connectivity index (χ4n) is 2.87. The Morgan fingerprint density at radius 1 is 1.10 bits per heavy atom. The molecule has 0 saturated heterocycles. The summed E-state index contributed by atoms with van der Waals surface area (Å²) in [6.45, 7) is 0. The number of hydrogen-bond donors (Lipinski definition) is 1. The van der Waals surface area contributed by atoms with Crippen LogP contribution in [0.15, 0.2) is 34.1 Å². The van der Waals surface area contributed by atoms with Gasteiger partial charge in [0.05, 0.1) is 11.2 Å². The normalized spacial score (nSPS) is 18.7. The van der Waals surface area contributed by atoms with Crippen LogP contribution in [0, 0.1) is 0 Å². The molecule has 106 valence electrons. The lowest BCUT2D eigenvalue weighted by molar-refractivity contribution is 0.384. The molecule has 1 aromatic carbocycles. The van der Waals surface area contributed by atoms with E-state index in [0.29, 0.717) is 0 Å². The summed E-state index contributed by atoms with van der Waals surface area (Å²) in [5.74, 6) is 0. The van der Waals surface area contributed by atoms with Crippen molar-refractivity contribution >= 4 is 27.3 Å². The predicted molar refractivity (Wildman–Crippen MR) is 88.8 cm³/mol. The van der Waals surface area contributed by atoms with E-state index >= 15 is 0 Å². The van der Waals surface area contributed by atoms with Crippen molar-refractivity contribution in [1.29, 1.82) is 0 Å². The molecule has 0 unspecified atom stereocenters. The number of nitrogens with zero attached hydrogens (tertiary/aromatic N) is 1. The van der Waals surface area contributed by atoms with E-state index in [1.54, 1.807) is 11.3 Å². The number of halogens is 1. The number of aromatic nitrogens is 1. The first-order valence-electron chi connectivity index (χ1n) is 7.19. The number of thiazole rings is 1. The molecule has 1 fully saturated rings. The smallest absolute Gasteiger partial charge is 0.113 e. The fraction of sp³-hybridized carbons (Fsp3) is 0.438. The van der Waals surface area contributed by atoms with Gasteiger partial charge in [0.15, 0.2) is 0 Å². The highest BCUT2D eigenvalue weighted by Gasteiger charge is 2.31. The first-order chi connectivity index (χ1) is 9.69. The van der Waals surface area contributed by atoms with E-state index in [-0.39, 0.29) is 5.54 Å². The summed E-state index contributed by atoms with van der Waals surface area (Å²) in [5, 5.41) is 3.24. The second-order valence-corrected chi connectivity index (χ2v) is 7.30. The summed E-state index contributed by atoms with van der Waals surface area (Å²) in [6.07, 6.45) is 7.19. The van der Waals surface area contributed by atoms with Gasteiger partial charge in [-0.1, -0.05) is 59.8 Å². The van der Waals surface area contributed by atoms with Crippen LogP contribution in [0.5, 0.6) is 0 Å². The maximum absolute atomic E-state index is 6.65. The van der Waals surface area contributed by atoms with Gasteiger partial charge in [-0.05, 0) is 18.9 Å². The lowest BCUT2D eigenvalue weighted by atomic mass is 9.92. The van der Waals surface area contributed by atoms with Crippen molar-refractivity contribution < 1.29 is 0 Å². The van der Waals surface area contributed by atoms with E-state index in [2.05, 4.69) is 33.4 Å². The van der Waals surface area contributed by atoms with Crippen molar-refractivity contribution in [1.82, 2.24) is 4.98 Å². The van der Waals surface area contributed by atoms with Crippen molar-refractivity contribution in [3.63, 3.8) is 0 Å². The van der Waals surface area contributed by atoms with Gasteiger partial charge in [-0.2, -0.15) is 0 Å². The van der Waals surface area contributed by atoms with Crippen molar-refractivity contribution in [3.8, 4) is 11.3 Å². The summed E-state index contributed by atoms with van der Waals surface area (Å²) in [4.78, 5) is 4.84. The maximum atomic E-state index is 6.65. The van der Waals surface area contributed by atoms with E-state index < -0.39 is 0 Å². The van der Waals surface area contributed by atoms with Gasteiger partial charge in [-0.15, -0.1) is 11.3 Å². The lowest BCUT2D eigenvalue weighted by Crippen LogP contribution is -2.35. The van der Waals surface area contributed by atoms with Crippen molar-refractivity contribution in [2.75, 3.05) is 0 Å². The third-order valence-corrected chi connectivity index (χ3v) is 5.83. The number of rotatable bonds is 2. The highest BCUT2D eigenvalue weighted by atomic mass is 79.9. The Morgan fingerprint density at radius 2 is 1.80 bits per heavy atom. The van der Waals surface area contributed by atoms with E-state index in [0.717, 1.165) is 33.6 Å². The topological polar surface area (TPSA) is 38.9 Å². The van der Waals surface area contributed by atoms with Gasteiger partial charge < -0.3 is 5.73 Å². The largest absolute Gasteiger partial charge is 0.319 e. The molecule has 0 amide bonds. The minimum atomic E-state index is -0.208. The molecular formula is C16H19BrN2S. The molecule has 1 aromatic heterocycles. The van der Waals surface area contributed by atoms with Gasteiger partial charge in [-0.3, -0.25) is 0 Å². The molecule has 0 spiro atoms. The van der Waals surface area contributed by atoms with Crippen LogP contribution in [-0.2, 0) is 5.54 Å². The van der Waals surface area contributed by atoms with Crippen LogP contribution in [0.25, 0.3) is 11.3 Å². The standard InChI is InChI=1S/C16H19BrN2S/c17-13-8-4-3-7-12(13)14-11-20-15(19-14)16(18)9-5-1-2-6-10-16/h3-4,7-8,11H,1-2,5-6,9-10,18H2. The molecule has 0 aliphatic heterocycles. The monoisotopic (exact) mass is 350 g/mol. The van der Waals surface area contributed by atoms with E-state index in [1.807, 2.05) is 12.1 Å². The Bertz CT molecular complexity index is 586. The maximum Gasteiger partial charge on any atom is 0.113 e. The molecule has 1 aliphatic rings. The van der Waals surface area contributed by atoms with Crippen LogP contribution in [0.3, 0.4) is 0 Å². The quantitative estimate of drug-likeness (QED) is 0.766. The Kier molecular flexibility index (Phi) is 4.24. The Balaban J connectivity index is 1.92. The van der Waals surface area contributed by atoms with Crippen LogP contribution < -0.4 is 5.73 Å². The van der Waals surface area contributed by atoms with Crippen LogP contribution >= 0.6 is 27.3 Å². The van der Waals surface area contributed by atoms with Crippen molar-refractivity contribution in [2.24, 2.45) is 5.73 Å². The third-order valence-electron chi connectivity index (χ3n) is 4.08. The molecule has 2 aromatic rings. The highest BCUT2D eigenvalue weighted by molar-refractivity contribution is 9.10. The second-order valence-electron chi connectivity index (χ2n) is 5.59. The average Bonchev–Trinajstić information content (AvgIpc) is 2.84. The van der Waals surface area contributed by atoms with Gasteiger partial charge in [0.1, 0.15) is 5.01 Å². The zero-order valence-electron chi connectivity index (χ0n) is 11.4. The summed E-state index contributed by atoms with van der Waals surface area (Å²) < 4.78 is 1.09. The molecule has 4 heteroatoms. The van der Waals surface area contributed by atoms with Gasteiger partial charge in [0.2, 0.25) is 0 Å². The van der Waals surface area contributed by atoms with Crippen LogP contribution in [0.4, 0.5) is 0 Å². The van der Waals surface area contributed by atoms with Crippen LogP contribution in [-0.4, -0.2) is 4.98 Å². The molecular weight excluding hydrogens is 332 g/mol. The first kappa shape index (κ1) is 14.2. The van der Waals surface area contributed by atoms with Gasteiger partial charge in [0, 0.05) is 15.4 Å². The zero-order chi connectivity index (χ0) is 14.0. The van der Waals surface area contributed by atoms with Gasteiger partial charge in [-0.25, -0.2) is 4.98 Å². The Hall–Kier alpha value is -0.710. The molecule has 0 atom stereocenters. The zero-order valence-corrected chi connectivity index (χ0v) is 13.8. The van der Waals surface area contributed by atoms with Gasteiger partial charge in [0.25, 0.3) is 0 Å². The highest BCUT2D eigenvalue weighted by Crippen LogP contribution is 2.37. The van der Waals surface area contributed by atoms with Crippen LogP contribution in [0.1, 0.15) is 43.5 Å². The summed E-state index contributed by atoms with van der Waals surface area (Å²) >= 11 is 5.31. The molecule has 0 bridgehead atoms. The number of hydrogen-bond acceptors (Lipinski definition) is 3. The SMILES string of the molecule is NC1(c2nc(-c3ccccc3Br)cs2)CCCCCC1. The lowest BCUT2D eigenvalue weighted by Gasteiger charge is -2.25. The average molecular weight is 351 g/mol. The summed E-state index contributed by atoms with van der Waals surface area (Å²) in [5.41, 5.74) is 8.62. The van der Waals surface area contributed by atoms with Crippen molar-refractivity contribution in [2.45, 2.75) is 44.1 Å². The molecule has 1 aliphatic carbocycles. The fourth-order valence-corrected chi connectivity index (χ4v) is 4.35. The molecule has 1 heterocycles. The Labute approximate surface area is 132 Å². The van der Waals surface area contributed by atoms with Crippen molar-refractivity contribution in [3.05, 3.63) is 39.1 Å². The predicted octanol–water partition coefficient (Wildman–Crippen LogP) is 5.08. The summed E-state index contributed by atoms with van der Waals surface area (Å²) in [6, 6.07) is 8.22. The molecule has 0 radical (unpaired) electrons. The minimum absolute atomic E-state index is 0.208. The number of benzene rings is 1. The molecule has 20 heavy (non-hydrogen) atoms. The molecule has 2 nitrogen and oxygen atoms in total. The third kappa shape index (κ3) is 2.83. The van der Waals surface area contributed by atoms with Gasteiger partial charge >= 0.3 is 0 Å². The van der Waals surface area contributed by atoms with E-state index in [9.17, 15) is 0 Å².